The lowest BCUT2D eigenvalue weighted by atomic mass is 10.2. The second-order valence-electron chi connectivity index (χ2n) is 5.45. The van der Waals surface area contributed by atoms with Gasteiger partial charge >= 0.3 is 6.03 Å². The van der Waals surface area contributed by atoms with Crippen molar-refractivity contribution >= 4 is 29.4 Å². The van der Waals surface area contributed by atoms with Crippen LogP contribution in [0.2, 0.25) is 0 Å². The van der Waals surface area contributed by atoms with Gasteiger partial charge in [0.25, 0.3) is 5.91 Å². The first-order chi connectivity index (χ1) is 11.2. The Morgan fingerprint density at radius 1 is 1.00 bits per heavy atom. The molecule has 0 saturated carbocycles. The number of halogens is 1. The normalized spacial score (nSPS) is 23.5. The minimum Gasteiger partial charge on any atom is -0.295 e. The molecule has 0 unspecified atom stereocenters. The van der Waals surface area contributed by atoms with Crippen molar-refractivity contribution in [2.75, 3.05) is 10.7 Å². The first kappa shape index (κ1) is 14.3. The number of urea groups is 1. The topological polar surface area (TPSA) is 40.6 Å². The summed E-state index contributed by atoms with van der Waals surface area (Å²) in [4.78, 5) is 28.3. The van der Waals surface area contributed by atoms with Gasteiger partial charge in [-0.3, -0.25) is 9.69 Å². The van der Waals surface area contributed by atoms with Crippen LogP contribution in [0.1, 0.15) is 10.9 Å². The van der Waals surface area contributed by atoms with Gasteiger partial charge in [-0.1, -0.05) is 30.3 Å². The minimum atomic E-state index is -0.456. The average Bonchev–Trinajstić information content (AvgIpc) is 3.10. The van der Waals surface area contributed by atoms with Gasteiger partial charge in [-0.15, -0.1) is 11.8 Å². The summed E-state index contributed by atoms with van der Waals surface area (Å²) in [6.45, 7) is 0. The van der Waals surface area contributed by atoms with E-state index in [2.05, 4.69) is 0 Å². The monoisotopic (exact) mass is 328 g/mol. The summed E-state index contributed by atoms with van der Waals surface area (Å²) in [5, 5.41) is -0.259. The summed E-state index contributed by atoms with van der Waals surface area (Å²) >= 11 is 1.53. The average molecular weight is 328 g/mol. The highest BCUT2D eigenvalue weighted by Gasteiger charge is 2.53. The lowest BCUT2D eigenvalue weighted by Crippen LogP contribution is -2.33. The van der Waals surface area contributed by atoms with Gasteiger partial charge in [-0.05, 0) is 29.8 Å². The van der Waals surface area contributed by atoms with E-state index >= 15 is 0 Å². The third kappa shape index (κ3) is 2.21. The third-order valence-electron chi connectivity index (χ3n) is 4.09. The molecular weight excluding hydrogens is 315 g/mol. The summed E-state index contributed by atoms with van der Waals surface area (Å²) in [7, 11) is 0. The Morgan fingerprint density at radius 3 is 2.39 bits per heavy atom. The Bertz CT molecular complexity index is 766. The third-order valence-corrected chi connectivity index (χ3v) is 5.41. The number of amides is 3. The Hall–Kier alpha value is -2.34. The van der Waals surface area contributed by atoms with Crippen molar-refractivity contribution in [1.82, 2.24) is 4.90 Å². The van der Waals surface area contributed by atoms with E-state index in [4.69, 9.17) is 0 Å². The summed E-state index contributed by atoms with van der Waals surface area (Å²) in [6, 6.07) is 14.2. The van der Waals surface area contributed by atoms with Gasteiger partial charge in [0.2, 0.25) is 0 Å². The van der Waals surface area contributed by atoms with Crippen molar-refractivity contribution in [3.63, 3.8) is 0 Å². The van der Waals surface area contributed by atoms with Gasteiger partial charge in [0.1, 0.15) is 17.2 Å². The van der Waals surface area contributed by atoms with Crippen LogP contribution in [0.15, 0.2) is 54.6 Å². The van der Waals surface area contributed by atoms with Crippen LogP contribution in [0.3, 0.4) is 0 Å². The maximum absolute atomic E-state index is 13.1. The molecule has 4 nitrogen and oxygen atoms in total. The van der Waals surface area contributed by atoms with Gasteiger partial charge in [0, 0.05) is 5.75 Å². The fourth-order valence-corrected chi connectivity index (χ4v) is 4.40. The first-order valence-corrected chi connectivity index (χ1v) is 8.30. The van der Waals surface area contributed by atoms with Crippen molar-refractivity contribution in [2.45, 2.75) is 11.4 Å². The molecule has 0 N–H and O–H groups in total. The molecule has 2 aliphatic heterocycles. The molecule has 0 aromatic heterocycles. The molecule has 2 aliphatic rings. The molecule has 3 amide bonds. The highest BCUT2D eigenvalue weighted by molar-refractivity contribution is 7.99. The SMILES string of the molecule is O=C1[C@@H]2CS[C@H](c3ccc(F)cc3)N2C(=O)N1c1ccccc1. The first-order valence-electron chi connectivity index (χ1n) is 7.25. The predicted molar refractivity (Wildman–Crippen MR) is 86.6 cm³/mol. The molecule has 2 aromatic rings. The number of thioether (sulfide) groups is 1. The molecule has 0 radical (unpaired) electrons. The van der Waals surface area contributed by atoms with Gasteiger partial charge < -0.3 is 0 Å². The van der Waals surface area contributed by atoms with Gasteiger partial charge in [-0.25, -0.2) is 14.1 Å². The number of carbonyl (C=O) groups excluding carboxylic acids is 2. The molecule has 2 aromatic carbocycles. The number of benzene rings is 2. The molecule has 116 valence electrons. The predicted octanol–water partition coefficient (Wildman–Crippen LogP) is 3.41. The van der Waals surface area contributed by atoms with E-state index in [0.29, 0.717) is 11.4 Å². The summed E-state index contributed by atoms with van der Waals surface area (Å²) in [6.07, 6.45) is 0. The highest BCUT2D eigenvalue weighted by Crippen LogP contribution is 2.45. The zero-order valence-electron chi connectivity index (χ0n) is 12.1. The lowest BCUT2D eigenvalue weighted by molar-refractivity contribution is -0.119. The molecule has 2 saturated heterocycles. The molecule has 0 spiro atoms. The molecule has 2 atom stereocenters. The van der Waals surface area contributed by atoms with Crippen LogP contribution in [0, 0.1) is 5.82 Å². The standard InChI is InChI=1S/C17H13FN2O2S/c18-12-8-6-11(7-9-12)16-20-14(10-23-16)15(21)19(17(20)22)13-4-2-1-3-5-13/h1-9,14,16H,10H2/t14-,16+/m0/s1. The maximum atomic E-state index is 13.1. The second-order valence-corrected chi connectivity index (χ2v) is 6.57. The smallest absolute Gasteiger partial charge is 0.295 e. The largest absolute Gasteiger partial charge is 0.333 e. The molecule has 4 rings (SSSR count). The van der Waals surface area contributed by atoms with Crippen LogP contribution in [0.25, 0.3) is 0 Å². The van der Waals surface area contributed by atoms with E-state index in [9.17, 15) is 14.0 Å². The van der Waals surface area contributed by atoms with Crippen molar-refractivity contribution in [3.8, 4) is 0 Å². The number of imide groups is 1. The lowest BCUT2D eigenvalue weighted by Gasteiger charge is -2.23. The molecule has 0 bridgehead atoms. The zero-order valence-corrected chi connectivity index (χ0v) is 12.9. The number of hydrogen-bond donors (Lipinski definition) is 0. The number of para-hydroxylation sites is 1. The van der Waals surface area contributed by atoms with Crippen LogP contribution in [-0.4, -0.2) is 28.6 Å². The fourth-order valence-electron chi connectivity index (χ4n) is 2.99. The molecule has 23 heavy (non-hydrogen) atoms. The molecule has 2 heterocycles. The van der Waals surface area contributed by atoms with E-state index < -0.39 is 6.04 Å². The molecule has 6 heteroatoms. The number of fused-ring (bicyclic) bond motifs is 1. The van der Waals surface area contributed by atoms with Crippen LogP contribution < -0.4 is 4.90 Å². The van der Waals surface area contributed by atoms with Gasteiger partial charge in [-0.2, -0.15) is 0 Å². The van der Waals surface area contributed by atoms with E-state index in [1.165, 1.54) is 28.8 Å². The number of anilines is 1. The Labute approximate surface area is 136 Å². The molecule has 2 fully saturated rings. The van der Waals surface area contributed by atoms with E-state index in [0.717, 1.165) is 5.56 Å². The summed E-state index contributed by atoms with van der Waals surface area (Å²) in [5.74, 6) is 0.0389. The number of carbonyl (C=O) groups is 2. The van der Waals surface area contributed by atoms with E-state index in [1.807, 2.05) is 6.07 Å². The quantitative estimate of drug-likeness (QED) is 0.793. The molecule has 0 aliphatic carbocycles. The highest BCUT2D eigenvalue weighted by atomic mass is 32.2. The summed E-state index contributed by atoms with van der Waals surface area (Å²) in [5.41, 5.74) is 1.41. The minimum absolute atomic E-state index is 0.196. The number of rotatable bonds is 2. The van der Waals surface area contributed by atoms with E-state index in [1.54, 1.807) is 41.3 Å². The van der Waals surface area contributed by atoms with Crippen LogP contribution >= 0.6 is 11.8 Å². The summed E-state index contributed by atoms with van der Waals surface area (Å²) < 4.78 is 13.1. The Morgan fingerprint density at radius 2 is 1.70 bits per heavy atom. The van der Waals surface area contributed by atoms with Crippen LogP contribution in [0.5, 0.6) is 0 Å². The van der Waals surface area contributed by atoms with Gasteiger partial charge in [0.05, 0.1) is 5.69 Å². The van der Waals surface area contributed by atoms with Crippen molar-refractivity contribution in [3.05, 3.63) is 66.0 Å². The van der Waals surface area contributed by atoms with Gasteiger partial charge in [0.15, 0.2) is 0 Å². The van der Waals surface area contributed by atoms with Crippen LogP contribution in [0.4, 0.5) is 14.9 Å². The number of hydrogen-bond acceptors (Lipinski definition) is 3. The maximum Gasteiger partial charge on any atom is 0.333 e. The van der Waals surface area contributed by atoms with Crippen molar-refractivity contribution in [2.24, 2.45) is 0 Å². The zero-order chi connectivity index (χ0) is 16.0. The fraction of sp³-hybridized carbons (Fsp3) is 0.176. The molecular formula is C17H13FN2O2S. The van der Waals surface area contributed by atoms with Crippen LogP contribution in [-0.2, 0) is 4.79 Å². The van der Waals surface area contributed by atoms with Crippen molar-refractivity contribution in [1.29, 1.82) is 0 Å². The van der Waals surface area contributed by atoms with E-state index in [-0.39, 0.29) is 23.1 Å². The number of nitrogens with zero attached hydrogens (tertiary/aromatic N) is 2. The van der Waals surface area contributed by atoms with Crippen molar-refractivity contribution < 1.29 is 14.0 Å². The Balaban J connectivity index is 1.68. The Kier molecular flexibility index (Phi) is 3.34. The second kappa shape index (κ2) is 5.38.